The Kier molecular flexibility index (Phi) is 2.00. The van der Waals surface area contributed by atoms with Gasteiger partial charge in [-0.15, -0.1) is 0 Å². The molecule has 0 saturated heterocycles. The highest BCUT2D eigenvalue weighted by atomic mass is 16.5. The Morgan fingerprint density at radius 1 is 1.46 bits per heavy atom. The number of aliphatic hydroxyl groups is 1. The van der Waals surface area contributed by atoms with Crippen LogP contribution in [0.5, 0.6) is 5.75 Å². The van der Waals surface area contributed by atoms with Crippen LogP contribution in [0.1, 0.15) is 24.0 Å². The number of benzene rings is 1. The van der Waals surface area contributed by atoms with Crippen LogP contribution in [0.3, 0.4) is 0 Å². The maximum atomic E-state index is 9.57. The second-order valence-corrected chi connectivity index (χ2v) is 3.71. The van der Waals surface area contributed by atoms with Gasteiger partial charge in [0.15, 0.2) is 0 Å². The highest BCUT2D eigenvalue weighted by Gasteiger charge is 2.25. The van der Waals surface area contributed by atoms with Gasteiger partial charge in [-0.1, -0.05) is 19.1 Å². The van der Waals surface area contributed by atoms with Crippen molar-refractivity contribution in [2.75, 3.05) is 6.61 Å². The van der Waals surface area contributed by atoms with Crippen LogP contribution in [-0.2, 0) is 0 Å². The summed E-state index contributed by atoms with van der Waals surface area (Å²) in [4.78, 5) is 0. The second kappa shape index (κ2) is 3.04. The molecule has 0 saturated carbocycles. The molecule has 1 aromatic rings. The van der Waals surface area contributed by atoms with Gasteiger partial charge in [0.25, 0.3) is 0 Å². The number of hydrogen-bond donors (Lipinski definition) is 1. The van der Waals surface area contributed by atoms with Crippen LogP contribution < -0.4 is 4.74 Å². The second-order valence-electron chi connectivity index (χ2n) is 3.71. The minimum absolute atomic E-state index is 0.185. The van der Waals surface area contributed by atoms with Crippen molar-refractivity contribution >= 4 is 0 Å². The Morgan fingerprint density at radius 3 is 3.00 bits per heavy atom. The fourth-order valence-electron chi connectivity index (χ4n) is 1.67. The molecule has 2 rings (SSSR count). The van der Waals surface area contributed by atoms with E-state index >= 15 is 0 Å². The summed E-state index contributed by atoms with van der Waals surface area (Å²) in [7, 11) is 0. The average Bonchev–Trinajstić information content (AvgIpc) is 2.12. The summed E-state index contributed by atoms with van der Waals surface area (Å²) in [5.74, 6) is 1.11. The lowest BCUT2D eigenvalue weighted by Gasteiger charge is -2.27. The van der Waals surface area contributed by atoms with Crippen LogP contribution >= 0.6 is 0 Å². The third kappa shape index (κ3) is 1.42. The normalized spacial score (nSPS) is 26.4. The predicted octanol–water partition coefficient (Wildman–Crippen LogP) is 1.85. The zero-order valence-electron chi connectivity index (χ0n) is 7.95. The monoisotopic (exact) mass is 178 g/mol. The Labute approximate surface area is 78.2 Å². The molecule has 2 nitrogen and oxygen atoms in total. The van der Waals surface area contributed by atoms with Gasteiger partial charge in [-0.25, -0.2) is 0 Å². The molecule has 70 valence electrons. The van der Waals surface area contributed by atoms with E-state index in [1.54, 1.807) is 0 Å². The van der Waals surface area contributed by atoms with Gasteiger partial charge in [-0.05, 0) is 24.1 Å². The minimum atomic E-state index is -0.366. The van der Waals surface area contributed by atoms with Crippen LogP contribution in [-0.4, -0.2) is 17.8 Å². The molecule has 0 fully saturated rings. The fraction of sp³-hybridized carbons (Fsp3) is 0.455. The molecule has 0 aromatic heterocycles. The van der Waals surface area contributed by atoms with E-state index in [4.69, 9.17) is 4.74 Å². The lowest BCUT2D eigenvalue weighted by Crippen LogP contribution is -2.28. The predicted molar refractivity (Wildman–Crippen MR) is 51.1 cm³/mol. The van der Waals surface area contributed by atoms with E-state index in [0.29, 0.717) is 6.61 Å². The van der Waals surface area contributed by atoms with E-state index in [0.717, 1.165) is 11.3 Å². The molecule has 2 heteroatoms. The number of hydrogen-bond acceptors (Lipinski definition) is 2. The quantitative estimate of drug-likeness (QED) is 0.657. The molecule has 0 aliphatic carbocycles. The van der Waals surface area contributed by atoms with Gasteiger partial charge in [0.1, 0.15) is 12.4 Å². The minimum Gasteiger partial charge on any atom is -0.491 e. The summed E-state index contributed by atoms with van der Waals surface area (Å²) >= 11 is 0. The third-order valence-corrected chi connectivity index (χ3v) is 2.65. The summed E-state index contributed by atoms with van der Waals surface area (Å²) in [6.45, 7) is 4.48. The van der Waals surface area contributed by atoms with Crippen molar-refractivity contribution in [3.8, 4) is 5.75 Å². The molecule has 1 aliphatic rings. The van der Waals surface area contributed by atoms with Crippen molar-refractivity contribution in [2.24, 2.45) is 0 Å². The number of aliphatic hydroxyl groups excluding tert-OH is 1. The molecule has 0 unspecified atom stereocenters. The lowest BCUT2D eigenvalue weighted by atomic mass is 9.92. The molecule has 1 N–H and O–H groups in total. The first kappa shape index (κ1) is 8.57. The smallest absolute Gasteiger partial charge is 0.123 e. The van der Waals surface area contributed by atoms with Gasteiger partial charge in [-0.2, -0.15) is 0 Å². The van der Waals surface area contributed by atoms with Crippen LogP contribution in [0.25, 0.3) is 0 Å². The first-order valence-corrected chi connectivity index (χ1v) is 4.60. The summed E-state index contributed by atoms with van der Waals surface area (Å²) < 4.78 is 5.44. The molecular weight excluding hydrogens is 164 g/mol. The zero-order chi connectivity index (χ0) is 9.42. The van der Waals surface area contributed by atoms with Gasteiger partial charge in [0.05, 0.1) is 6.10 Å². The molecule has 1 aliphatic heterocycles. The van der Waals surface area contributed by atoms with E-state index in [1.807, 2.05) is 26.0 Å². The van der Waals surface area contributed by atoms with Crippen LogP contribution in [0, 0.1) is 6.92 Å². The maximum Gasteiger partial charge on any atom is 0.123 e. The Morgan fingerprint density at radius 2 is 2.23 bits per heavy atom. The number of aryl methyl sites for hydroxylation is 1. The van der Waals surface area contributed by atoms with Crippen molar-refractivity contribution in [3.63, 3.8) is 0 Å². The van der Waals surface area contributed by atoms with E-state index < -0.39 is 0 Å². The topological polar surface area (TPSA) is 29.5 Å². The van der Waals surface area contributed by atoms with E-state index in [2.05, 4.69) is 6.07 Å². The third-order valence-electron chi connectivity index (χ3n) is 2.65. The maximum absolute atomic E-state index is 9.57. The molecule has 0 spiro atoms. The number of ether oxygens (including phenoxy) is 1. The SMILES string of the molecule is Cc1ccc2c(c1)OC[C@@H](O)[C@H]2C. The summed E-state index contributed by atoms with van der Waals surface area (Å²) in [6, 6.07) is 6.12. The van der Waals surface area contributed by atoms with Gasteiger partial charge in [0, 0.05) is 5.92 Å². The summed E-state index contributed by atoms with van der Waals surface area (Å²) in [5, 5.41) is 9.57. The Bertz CT molecular complexity index is 320. The van der Waals surface area contributed by atoms with E-state index in [-0.39, 0.29) is 12.0 Å². The van der Waals surface area contributed by atoms with Crippen molar-refractivity contribution in [2.45, 2.75) is 25.9 Å². The first-order valence-electron chi connectivity index (χ1n) is 4.60. The molecule has 1 aromatic carbocycles. The fourth-order valence-corrected chi connectivity index (χ4v) is 1.67. The molecule has 0 radical (unpaired) electrons. The Hall–Kier alpha value is -1.02. The van der Waals surface area contributed by atoms with Crippen molar-refractivity contribution in [1.82, 2.24) is 0 Å². The zero-order valence-corrected chi connectivity index (χ0v) is 7.95. The molecular formula is C11H14O2. The number of fused-ring (bicyclic) bond motifs is 1. The van der Waals surface area contributed by atoms with Crippen LogP contribution in [0.2, 0.25) is 0 Å². The van der Waals surface area contributed by atoms with Gasteiger partial charge in [-0.3, -0.25) is 0 Å². The van der Waals surface area contributed by atoms with E-state index in [1.165, 1.54) is 5.56 Å². The highest BCUT2D eigenvalue weighted by Crippen LogP contribution is 2.33. The Balaban J connectivity index is 2.44. The molecule has 13 heavy (non-hydrogen) atoms. The molecule has 2 atom stereocenters. The highest BCUT2D eigenvalue weighted by molar-refractivity contribution is 5.41. The molecule has 1 heterocycles. The van der Waals surface area contributed by atoms with Crippen molar-refractivity contribution < 1.29 is 9.84 Å². The van der Waals surface area contributed by atoms with Crippen molar-refractivity contribution in [1.29, 1.82) is 0 Å². The first-order chi connectivity index (χ1) is 6.18. The molecule has 0 amide bonds. The average molecular weight is 178 g/mol. The number of rotatable bonds is 0. The van der Waals surface area contributed by atoms with E-state index in [9.17, 15) is 5.11 Å². The largest absolute Gasteiger partial charge is 0.491 e. The van der Waals surface area contributed by atoms with Gasteiger partial charge in [0.2, 0.25) is 0 Å². The van der Waals surface area contributed by atoms with Crippen LogP contribution in [0.15, 0.2) is 18.2 Å². The molecule has 0 bridgehead atoms. The van der Waals surface area contributed by atoms with Gasteiger partial charge >= 0.3 is 0 Å². The standard InChI is InChI=1S/C11H14O2/c1-7-3-4-9-8(2)10(12)6-13-11(9)5-7/h3-5,8,10,12H,6H2,1-2H3/t8-,10+/m0/s1. The van der Waals surface area contributed by atoms with Crippen LogP contribution in [0.4, 0.5) is 0 Å². The summed E-state index contributed by atoms with van der Waals surface area (Å²) in [6.07, 6.45) is -0.366. The summed E-state index contributed by atoms with van der Waals surface area (Å²) in [5.41, 5.74) is 2.31. The van der Waals surface area contributed by atoms with Gasteiger partial charge < -0.3 is 9.84 Å². The van der Waals surface area contributed by atoms with Crippen molar-refractivity contribution in [3.05, 3.63) is 29.3 Å². The lowest BCUT2D eigenvalue weighted by molar-refractivity contribution is 0.0713.